The Hall–Kier alpha value is -0.660. The van der Waals surface area contributed by atoms with Crippen LogP contribution in [0.3, 0.4) is 0 Å². The summed E-state index contributed by atoms with van der Waals surface area (Å²) in [6, 6.07) is 0. The zero-order valence-electron chi connectivity index (χ0n) is 7.93. The van der Waals surface area contributed by atoms with E-state index in [9.17, 15) is 13.2 Å². The van der Waals surface area contributed by atoms with Gasteiger partial charge in [-0.25, -0.2) is 4.72 Å². The van der Waals surface area contributed by atoms with Crippen LogP contribution in [0.5, 0.6) is 0 Å². The van der Waals surface area contributed by atoms with E-state index in [-0.39, 0.29) is 6.54 Å². The predicted octanol–water partition coefficient (Wildman–Crippen LogP) is -0.753. The van der Waals surface area contributed by atoms with Gasteiger partial charge in [0.15, 0.2) is 0 Å². The fraction of sp³-hybridized carbons (Fsp3) is 0.857. The number of carboxylic acids is 1. The van der Waals surface area contributed by atoms with Crippen molar-refractivity contribution in [3.05, 3.63) is 0 Å². The van der Waals surface area contributed by atoms with E-state index in [0.717, 1.165) is 0 Å². The molecule has 0 radical (unpaired) electrons. The van der Waals surface area contributed by atoms with Crippen molar-refractivity contribution >= 4 is 16.2 Å². The minimum Gasteiger partial charge on any atom is -0.481 e. The second kappa shape index (κ2) is 4.24. The molecule has 1 rings (SSSR count). The average Bonchev–Trinajstić information content (AvgIpc) is 2.18. The maximum atomic E-state index is 11.3. The second-order valence-electron chi connectivity index (χ2n) is 3.24. The van der Waals surface area contributed by atoms with Crippen LogP contribution in [0.1, 0.15) is 12.8 Å². The molecule has 0 saturated carbocycles. The summed E-state index contributed by atoms with van der Waals surface area (Å²) in [6.07, 6.45) is 1.14. The van der Waals surface area contributed by atoms with Crippen molar-refractivity contribution in [2.24, 2.45) is 5.92 Å². The Morgan fingerprint density at radius 1 is 1.57 bits per heavy atom. The smallest absolute Gasteiger partial charge is 0.307 e. The van der Waals surface area contributed by atoms with Gasteiger partial charge in [-0.2, -0.15) is 12.7 Å². The quantitative estimate of drug-likeness (QED) is 0.657. The van der Waals surface area contributed by atoms with Crippen LogP contribution in [-0.2, 0) is 15.0 Å². The largest absolute Gasteiger partial charge is 0.481 e. The summed E-state index contributed by atoms with van der Waals surface area (Å²) in [7, 11) is -2.15. The molecule has 14 heavy (non-hydrogen) atoms. The summed E-state index contributed by atoms with van der Waals surface area (Å²) in [5.41, 5.74) is 0. The minimum atomic E-state index is -3.47. The molecule has 6 nitrogen and oxygen atoms in total. The Labute approximate surface area is 83.1 Å². The molecule has 0 amide bonds. The zero-order chi connectivity index (χ0) is 10.8. The molecule has 0 bridgehead atoms. The molecule has 1 fully saturated rings. The summed E-state index contributed by atoms with van der Waals surface area (Å²) in [5.74, 6) is -1.51. The monoisotopic (exact) mass is 222 g/mol. The average molecular weight is 222 g/mol. The molecule has 1 aliphatic heterocycles. The number of hydrogen-bond donors (Lipinski definition) is 2. The van der Waals surface area contributed by atoms with E-state index >= 15 is 0 Å². The number of aliphatic carboxylic acids is 1. The van der Waals surface area contributed by atoms with Crippen molar-refractivity contribution in [1.82, 2.24) is 9.03 Å². The molecule has 0 aromatic heterocycles. The molecule has 1 aliphatic rings. The lowest BCUT2D eigenvalue weighted by molar-refractivity contribution is -0.142. The van der Waals surface area contributed by atoms with Crippen molar-refractivity contribution in [3.63, 3.8) is 0 Å². The standard InChI is InChI=1S/C7H14N2O4S/c1-8-14(12,13)9-4-2-3-6(5-9)7(10)11/h6,8H,2-5H2,1H3,(H,10,11)/t6-/m1/s1. The van der Waals surface area contributed by atoms with E-state index < -0.39 is 22.1 Å². The number of nitrogens with zero attached hydrogens (tertiary/aromatic N) is 1. The molecule has 0 unspecified atom stereocenters. The van der Waals surface area contributed by atoms with Crippen LogP contribution >= 0.6 is 0 Å². The van der Waals surface area contributed by atoms with Gasteiger partial charge in [-0.1, -0.05) is 0 Å². The first-order valence-electron chi connectivity index (χ1n) is 4.39. The van der Waals surface area contributed by atoms with Crippen LogP contribution in [0.25, 0.3) is 0 Å². The van der Waals surface area contributed by atoms with Crippen molar-refractivity contribution in [2.75, 3.05) is 20.1 Å². The van der Waals surface area contributed by atoms with Gasteiger partial charge >= 0.3 is 5.97 Å². The summed E-state index contributed by atoms with van der Waals surface area (Å²) in [4.78, 5) is 10.7. The number of nitrogens with one attached hydrogen (secondary N) is 1. The highest BCUT2D eigenvalue weighted by atomic mass is 32.2. The Morgan fingerprint density at radius 2 is 2.21 bits per heavy atom. The SMILES string of the molecule is CNS(=O)(=O)N1CCC[C@@H](C(=O)O)C1. The number of hydrogen-bond acceptors (Lipinski definition) is 3. The summed E-state index contributed by atoms with van der Waals surface area (Å²) in [6.45, 7) is 0.464. The van der Waals surface area contributed by atoms with Crippen LogP contribution < -0.4 is 4.72 Å². The molecule has 0 aromatic rings. The lowest BCUT2D eigenvalue weighted by Gasteiger charge is -2.29. The molecule has 1 atom stereocenters. The van der Waals surface area contributed by atoms with Crippen molar-refractivity contribution in [1.29, 1.82) is 0 Å². The summed E-state index contributed by atoms with van der Waals surface area (Å²) < 4.78 is 26.0. The van der Waals surface area contributed by atoms with Crippen LogP contribution in [-0.4, -0.2) is 43.9 Å². The Balaban J connectivity index is 2.70. The highest BCUT2D eigenvalue weighted by molar-refractivity contribution is 7.87. The van der Waals surface area contributed by atoms with Crippen molar-refractivity contribution < 1.29 is 18.3 Å². The third-order valence-corrected chi connectivity index (χ3v) is 3.86. The van der Waals surface area contributed by atoms with Gasteiger partial charge in [0.1, 0.15) is 0 Å². The van der Waals surface area contributed by atoms with Crippen LogP contribution in [0.2, 0.25) is 0 Å². The van der Waals surface area contributed by atoms with E-state index in [4.69, 9.17) is 5.11 Å². The van der Waals surface area contributed by atoms with Crippen LogP contribution in [0, 0.1) is 5.92 Å². The van der Waals surface area contributed by atoms with Gasteiger partial charge in [-0.3, -0.25) is 4.79 Å². The van der Waals surface area contributed by atoms with Gasteiger partial charge in [0.2, 0.25) is 0 Å². The molecule has 7 heteroatoms. The molecule has 0 aliphatic carbocycles. The lowest BCUT2D eigenvalue weighted by atomic mass is 10.0. The van der Waals surface area contributed by atoms with Gasteiger partial charge in [-0.05, 0) is 12.8 Å². The molecule has 82 valence electrons. The summed E-state index contributed by atoms with van der Waals surface area (Å²) >= 11 is 0. The minimum absolute atomic E-state index is 0.0680. The molecular formula is C7H14N2O4S. The Kier molecular flexibility index (Phi) is 3.46. The normalized spacial score (nSPS) is 24.8. The third kappa shape index (κ3) is 2.43. The van der Waals surface area contributed by atoms with Gasteiger partial charge in [0.05, 0.1) is 5.92 Å². The van der Waals surface area contributed by atoms with Gasteiger partial charge in [0.25, 0.3) is 10.2 Å². The first-order chi connectivity index (χ1) is 6.47. The maximum Gasteiger partial charge on any atom is 0.307 e. The molecule has 0 aromatic carbocycles. The van der Waals surface area contributed by atoms with E-state index in [1.807, 2.05) is 0 Å². The molecule has 0 spiro atoms. The maximum absolute atomic E-state index is 11.3. The van der Waals surface area contributed by atoms with Crippen LogP contribution in [0.15, 0.2) is 0 Å². The highest BCUT2D eigenvalue weighted by Crippen LogP contribution is 2.18. The highest BCUT2D eigenvalue weighted by Gasteiger charge is 2.31. The molecular weight excluding hydrogens is 208 g/mol. The first-order valence-corrected chi connectivity index (χ1v) is 5.83. The van der Waals surface area contributed by atoms with Gasteiger partial charge in [-0.15, -0.1) is 0 Å². The third-order valence-electron chi connectivity index (χ3n) is 2.33. The van der Waals surface area contributed by atoms with Gasteiger partial charge in [0, 0.05) is 20.1 Å². The van der Waals surface area contributed by atoms with Gasteiger partial charge < -0.3 is 5.11 Å². The molecule has 2 N–H and O–H groups in total. The fourth-order valence-electron chi connectivity index (χ4n) is 1.49. The predicted molar refractivity (Wildman–Crippen MR) is 49.9 cm³/mol. The van der Waals surface area contributed by atoms with E-state index in [0.29, 0.717) is 19.4 Å². The second-order valence-corrected chi connectivity index (χ2v) is 5.12. The fourth-order valence-corrected chi connectivity index (χ4v) is 2.50. The zero-order valence-corrected chi connectivity index (χ0v) is 8.75. The number of piperidine rings is 1. The number of carbonyl (C=O) groups is 1. The van der Waals surface area contributed by atoms with Crippen LogP contribution in [0.4, 0.5) is 0 Å². The Bertz CT molecular complexity index is 314. The molecule has 1 heterocycles. The Morgan fingerprint density at radius 3 is 2.71 bits per heavy atom. The van der Waals surface area contributed by atoms with E-state index in [2.05, 4.69) is 4.72 Å². The summed E-state index contributed by atoms with van der Waals surface area (Å²) in [5, 5.41) is 8.75. The topological polar surface area (TPSA) is 86.7 Å². The van der Waals surface area contributed by atoms with Crippen molar-refractivity contribution in [3.8, 4) is 0 Å². The lowest BCUT2D eigenvalue weighted by Crippen LogP contribution is -2.46. The number of carboxylic acid groups (broad SMARTS) is 1. The number of rotatable bonds is 3. The van der Waals surface area contributed by atoms with Crippen molar-refractivity contribution in [2.45, 2.75) is 12.8 Å². The van der Waals surface area contributed by atoms with E-state index in [1.165, 1.54) is 11.4 Å². The first kappa shape index (κ1) is 11.4. The van der Waals surface area contributed by atoms with E-state index in [1.54, 1.807) is 0 Å². The molecule has 1 saturated heterocycles.